The Kier molecular flexibility index (Phi) is 27.3. The number of thiophene rings is 3. The van der Waals surface area contributed by atoms with Crippen LogP contribution in [0.4, 0.5) is 13.2 Å². The van der Waals surface area contributed by atoms with Gasteiger partial charge in [0.05, 0.1) is 61.0 Å². The molecule has 6 aromatic carbocycles. The van der Waals surface area contributed by atoms with E-state index >= 15 is 0 Å². The van der Waals surface area contributed by atoms with Crippen molar-refractivity contribution in [1.29, 1.82) is 0 Å². The molecule has 3 atom stereocenters. The Morgan fingerprint density at radius 3 is 1.13 bits per heavy atom. The van der Waals surface area contributed by atoms with Crippen LogP contribution in [0.1, 0.15) is 189 Å². The van der Waals surface area contributed by atoms with E-state index in [9.17, 15) is 32.7 Å². The Labute approximate surface area is 663 Å². The molecule has 1 N–H and O–H groups in total. The highest BCUT2D eigenvalue weighted by Gasteiger charge is 2.52. The summed E-state index contributed by atoms with van der Waals surface area (Å²) in [6.45, 7) is 37.3. The predicted octanol–water partition coefficient (Wildman–Crippen LogP) is 22.3. The Morgan fingerprint density at radius 1 is 0.473 bits per heavy atom. The third kappa shape index (κ3) is 20.7. The monoisotopic (exact) mass is 1580 g/mol. The minimum atomic E-state index is -1.12. The van der Waals surface area contributed by atoms with Gasteiger partial charge in [0.15, 0.2) is 18.3 Å². The molecule has 0 bridgehead atoms. The van der Waals surface area contributed by atoms with Crippen molar-refractivity contribution in [2.45, 2.75) is 209 Å². The predicted molar refractivity (Wildman–Crippen MR) is 434 cm³/mol. The van der Waals surface area contributed by atoms with Gasteiger partial charge in [0.2, 0.25) is 0 Å². The maximum absolute atomic E-state index is 13.7. The van der Waals surface area contributed by atoms with Crippen molar-refractivity contribution in [3.05, 3.63) is 197 Å². The maximum Gasteiger partial charge on any atom is 0.494 e. The molecule has 1 fully saturated rings. The molecule has 4 aliphatic rings. The summed E-state index contributed by atoms with van der Waals surface area (Å²) < 4.78 is 99.1. The SMILES string of the molecule is CC1(C)OB(c2ccc(F)cc2)OC1(C)C.CCOC(=O)C(OC(C)(C)C)c1c(C)sc(-c2ccc(F)cc2)c1-c1ccc2c(c1)CCCO2.CCOC(=O)C(OC(C)(C)C)c1c(C)sc(Cl)c1-c1ccc2c(c1)CCCO2.Cc1sc(-c2ccc(F)cc2)c(-c2ccc3c(c2)CCCO3)c1C(OC(C)(C)C)C(=O)O. The summed E-state index contributed by atoms with van der Waals surface area (Å²) >= 11 is 11.2. The van der Waals surface area contributed by atoms with Crippen LogP contribution >= 0.6 is 45.6 Å². The minimum absolute atomic E-state index is 0.250. The molecule has 1 saturated heterocycles. The van der Waals surface area contributed by atoms with Crippen molar-refractivity contribution >= 4 is 76.1 Å². The third-order valence-electron chi connectivity index (χ3n) is 19.0. The van der Waals surface area contributed by atoms with Crippen LogP contribution in [0.2, 0.25) is 4.34 Å². The van der Waals surface area contributed by atoms with Gasteiger partial charge in [0.25, 0.3) is 0 Å². The Hall–Kier alpha value is -7.83. The fourth-order valence-electron chi connectivity index (χ4n) is 13.4. The fourth-order valence-corrected chi connectivity index (χ4v) is 17.3. The van der Waals surface area contributed by atoms with Gasteiger partial charge in [-0.2, -0.15) is 0 Å². The first kappa shape index (κ1) is 84.6. The molecule has 7 heterocycles. The van der Waals surface area contributed by atoms with Gasteiger partial charge < -0.3 is 52.3 Å². The smallest absolute Gasteiger partial charge is 0.493 e. The lowest BCUT2D eigenvalue weighted by atomic mass is 9.79. The van der Waals surface area contributed by atoms with Crippen LogP contribution in [0, 0.1) is 38.2 Å². The van der Waals surface area contributed by atoms with Gasteiger partial charge in [-0.15, -0.1) is 34.0 Å². The number of carboxylic acids is 1. The number of benzene rings is 6. The molecule has 14 nitrogen and oxygen atoms in total. The van der Waals surface area contributed by atoms with Crippen molar-refractivity contribution in [3.8, 4) is 71.5 Å². The van der Waals surface area contributed by atoms with Gasteiger partial charge >= 0.3 is 25.0 Å². The number of aliphatic carboxylic acids is 1. The Morgan fingerprint density at radius 2 is 0.782 bits per heavy atom. The van der Waals surface area contributed by atoms with Crippen molar-refractivity contribution in [1.82, 2.24) is 0 Å². The molecule has 0 aliphatic carbocycles. The number of ether oxygens (including phenoxy) is 8. The second-order valence-corrected chi connectivity index (χ2v) is 35.7. The molecule has 110 heavy (non-hydrogen) atoms. The summed E-state index contributed by atoms with van der Waals surface area (Å²) in [6.07, 6.45) is 2.90. The van der Waals surface area contributed by atoms with E-state index in [0.29, 0.717) is 23.1 Å². The lowest BCUT2D eigenvalue weighted by Gasteiger charge is -2.32. The molecule has 586 valence electrons. The van der Waals surface area contributed by atoms with Crippen LogP contribution in [0.5, 0.6) is 17.2 Å². The van der Waals surface area contributed by atoms with Crippen LogP contribution in [0.25, 0.3) is 54.3 Å². The van der Waals surface area contributed by atoms with E-state index < -0.39 is 60.1 Å². The number of carboxylic acid groups (broad SMARTS) is 1. The van der Waals surface area contributed by atoms with Crippen molar-refractivity contribution < 1.29 is 79.9 Å². The lowest BCUT2D eigenvalue weighted by molar-refractivity contribution is -0.167. The summed E-state index contributed by atoms with van der Waals surface area (Å²) in [6, 6.07) is 37.3. The quantitative estimate of drug-likeness (QED) is 0.0676. The highest BCUT2D eigenvalue weighted by Crippen LogP contribution is 2.52. The molecule has 13 rings (SSSR count). The van der Waals surface area contributed by atoms with E-state index in [-0.39, 0.29) is 35.3 Å². The minimum Gasteiger partial charge on any atom is -0.493 e. The van der Waals surface area contributed by atoms with Gasteiger partial charge in [-0.25, -0.2) is 27.6 Å². The van der Waals surface area contributed by atoms with E-state index in [1.807, 2.05) is 147 Å². The van der Waals surface area contributed by atoms with Gasteiger partial charge in [-0.1, -0.05) is 66.2 Å². The van der Waals surface area contributed by atoms with Crippen LogP contribution in [0.15, 0.2) is 127 Å². The first-order chi connectivity index (χ1) is 51.8. The largest absolute Gasteiger partial charge is 0.494 e. The number of hydrogen-bond donors (Lipinski definition) is 1. The van der Waals surface area contributed by atoms with Crippen LogP contribution in [-0.2, 0) is 66.6 Å². The molecule has 0 amide bonds. The van der Waals surface area contributed by atoms with E-state index in [1.165, 1.54) is 64.6 Å². The van der Waals surface area contributed by atoms with Crippen LogP contribution in [-0.4, -0.2) is 91.2 Å². The van der Waals surface area contributed by atoms with Crippen LogP contribution in [0.3, 0.4) is 0 Å². The molecule has 22 heteroatoms. The van der Waals surface area contributed by atoms with E-state index in [2.05, 4.69) is 18.2 Å². The molecule has 3 unspecified atom stereocenters. The van der Waals surface area contributed by atoms with E-state index in [1.54, 1.807) is 61.6 Å². The molecule has 0 spiro atoms. The number of aryl methyl sites for hydroxylation is 6. The first-order valence-electron chi connectivity index (χ1n) is 37.4. The zero-order chi connectivity index (χ0) is 79.9. The lowest BCUT2D eigenvalue weighted by Crippen LogP contribution is -2.41. The number of carbonyl (C=O) groups excluding carboxylic acids is 2. The second-order valence-electron chi connectivity index (χ2n) is 31.4. The number of hydrogen-bond acceptors (Lipinski definition) is 16. The number of carbonyl (C=O) groups is 3. The molecular formula is C88H101BClF3O14S3. The summed E-state index contributed by atoms with van der Waals surface area (Å²) in [5, 5.41) is 10.1. The van der Waals surface area contributed by atoms with E-state index in [0.717, 1.165) is 166 Å². The molecule has 0 saturated carbocycles. The van der Waals surface area contributed by atoms with E-state index in [4.69, 9.17) is 58.8 Å². The highest BCUT2D eigenvalue weighted by molar-refractivity contribution is 7.17. The summed E-state index contributed by atoms with van der Waals surface area (Å²) in [4.78, 5) is 43.0. The maximum atomic E-state index is 13.7. The van der Waals surface area contributed by atoms with Crippen molar-refractivity contribution in [3.63, 3.8) is 0 Å². The normalized spacial score (nSPS) is 15.7. The Balaban J connectivity index is 0.000000160. The topological polar surface area (TPSA) is 164 Å². The summed E-state index contributed by atoms with van der Waals surface area (Å²) in [7, 11) is -0.411. The molecule has 0 radical (unpaired) electrons. The molecule has 4 aliphatic heterocycles. The molecule has 3 aromatic heterocycles. The van der Waals surface area contributed by atoms with Gasteiger partial charge in [-0.3, -0.25) is 0 Å². The summed E-state index contributed by atoms with van der Waals surface area (Å²) in [5.74, 6) is 0.0162. The highest BCUT2D eigenvalue weighted by atomic mass is 35.5. The van der Waals surface area contributed by atoms with Gasteiger partial charge in [-0.05, 0) is 286 Å². The summed E-state index contributed by atoms with van der Waals surface area (Å²) in [5.41, 5.74) is 11.3. The average Bonchev–Trinajstić information content (AvgIpc) is 1.61. The standard InChI is InChI=1S/C28H31FO4S.C26H27FO4S.C22H27ClO4S.C12H16BFO2/c1-6-31-27(30)25(33-28(3,4)5)23-17(2)34-26(18-9-12-21(29)13-10-18)24(23)20-11-14-22-19(16-20)8-7-15-32-22;1-15-21(23(25(28)29)31-26(2,3)4)22(24(32-15)16-7-10-19(27)11-8-16)18-9-12-20-17(14-18)6-5-13-30-20;1-6-25-21(24)19(27-22(3,4)5)17-13(2)28-20(23)18(17)15-9-10-16-14(12-15)8-7-11-26-16;1-11(2)12(3,4)16-13(15-11)9-5-7-10(14)8-6-9/h9-14,16,25H,6-8,15H2,1-5H3;7-12,14,23H,5-6,13H2,1-4H3,(H,28,29);9-10,12,19H,6-8,11H2,1-5H3;5-8H,1-4H3. The van der Waals surface area contributed by atoms with Gasteiger partial charge in [0, 0.05) is 57.8 Å². The molecule has 9 aromatic rings. The van der Waals surface area contributed by atoms with Crippen molar-refractivity contribution in [2.75, 3.05) is 33.0 Å². The van der Waals surface area contributed by atoms with Crippen LogP contribution < -0.4 is 19.7 Å². The average molecular weight is 1580 g/mol. The second kappa shape index (κ2) is 35.5. The van der Waals surface area contributed by atoms with Gasteiger partial charge in [0.1, 0.15) is 39.0 Å². The number of esters is 2. The number of halogens is 4. The number of fused-ring (bicyclic) bond motifs is 3. The number of rotatable bonds is 17. The zero-order valence-electron chi connectivity index (χ0n) is 66.2. The first-order valence-corrected chi connectivity index (χ1v) is 40.2. The fraction of sp³-hybridized carbons (Fsp3) is 0.420. The molecular weight excluding hydrogens is 1480 g/mol. The van der Waals surface area contributed by atoms with Crippen molar-refractivity contribution in [2.24, 2.45) is 0 Å². The zero-order valence-corrected chi connectivity index (χ0v) is 69.4. The Bertz CT molecular complexity index is 4700. The third-order valence-corrected chi connectivity index (χ3v) is 22.6.